The summed E-state index contributed by atoms with van der Waals surface area (Å²) in [5, 5.41) is 10.3. The summed E-state index contributed by atoms with van der Waals surface area (Å²) in [7, 11) is 0. The van der Waals surface area contributed by atoms with Gasteiger partial charge in [-0.15, -0.1) is 0 Å². The van der Waals surface area contributed by atoms with Crippen LogP contribution in [0.25, 0.3) is 0 Å². The predicted octanol–water partition coefficient (Wildman–Crippen LogP) is 6.57. The maximum atomic E-state index is 12.0. The molecule has 2 nitrogen and oxygen atoms in total. The Morgan fingerprint density at radius 2 is 1.76 bits per heavy atom. The molecule has 0 radical (unpaired) electrons. The number of carbonyl (C=O) groups is 1. The summed E-state index contributed by atoms with van der Waals surface area (Å²) in [5.74, 6) is 4.82. The lowest BCUT2D eigenvalue weighted by atomic mass is 9.46. The third-order valence-electron chi connectivity index (χ3n) is 10.4. The largest absolute Gasteiger partial charge is 0.393 e. The highest BCUT2D eigenvalue weighted by Crippen LogP contribution is 2.67. The summed E-state index contributed by atoms with van der Waals surface area (Å²) in [6.45, 7) is 11.8. The van der Waals surface area contributed by atoms with Crippen LogP contribution < -0.4 is 0 Å². The van der Waals surface area contributed by atoms with Crippen molar-refractivity contribution in [1.29, 1.82) is 0 Å². The molecule has 1 N–H and O–H groups in total. The molecule has 2 heteroatoms. The zero-order valence-electron chi connectivity index (χ0n) is 19.5. The zero-order chi connectivity index (χ0) is 21.0. The quantitative estimate of drug-likeness (QED) is 0.567. The highest BCUT2D eigenvalue weighted by atomic mass is 16.3. The molecule has 0 aromatic heterocycles. The van der Waals surface area contributed by atoms with Crippen LogP contribution in [0.2, 0.25) is 0 Å². The number of allylic oxidation sites excluding steroid dienone is 1. The Balaban J connectivity index is 1.49. The molecular formula is C27H44O2. The van der Waals surface area contributed by atoms with Gasteiger partial charge in [0, 0.05) is 6.42 Å². The Hall–Kier alpha value is -0.630. The summed E-state index contributed by atoms with van der Waals surface area (Å²) in [5.41, 5.74) is 2.28. The SMILES string of the molecule is CC(C)C(O)CCC(C)[C@H]1CC[C@H]2[C@@H]3CCC4=CC(=O)CC[C@]4(C)[C@H]3CC[C@]12C. The van der Waals surface area contributed by atoms with Gasteiger partial charge in [0.05, 0.1) is 6.10 Å². The second kappa shape index (κ2) is 7.81. The molecule has 0 bridgehead atoms. The van der Waals surface area contributed by atoms with Crippen LogP contribution in [0.3, 0.4) is 0 Å². The van der Waals surface area contributed by atoms with Crippen LogP contribution in [-0.4, -0.2) is 17.0 Å². The van der Waals surface area contributed by atoms with E-state index < -0.39 is 0 Å². The third-order valence-corrected chi connectivity index (χ3v) is 10.4. The highest BCUT2D eigenvalue weighted by Gasteiger charge is 2.59. The van der Waals surface area contributed by atoms with Gasteiger partial charge in [0.25, 0.3) is 0 Å². The van der Waals surface area contributed by atoms with Crippen molar-refractivity contribution >= 4 is 5.78 Å². The summed E-state index contributed by atoms with van der Waals surface area (Å²) in [6.07, 6.45) is 13.9. The summed E-state index contributed by atoms with van der Waals surface area (Å²) in [6, 6.07) is 0. The Labute approximate surface area is 178 Å². The highest BCUT2D eigenvalue weighted by molar-refractivity contribution is 5.91. The van der Waals surface area contributed by atoms with E-state index in [1.54, 1.807) is 0 Å². The second-order valence-electron chi connectivity index (χ2n) is 12.1. The van der Waals surface area contributed by atoms with E-state index >= 15 is 0 Å². The van der Waals surface area contributed by atoms with Gasteiger partial charge >= 0.3 is 0 Å². The van der Waals surface area contributed by atoms with Crippen molar-refractivity contribution in [1.82, 2.24) is 0 Å². The Bertz CT molecular complexity index is 663. The average Bonchev–Trinajstić information content (AvgIpc) is 3.03. The second-order valence-corrected chi connectivity index (χ2v) is 12.1. The Morgan fingerprint density at radius 3 is 2.48 bits per heavy atom. The lowest BCUT2D eigenvalue weighted by Gasteiger charge is -2.58. The molecule has 0 aromatic rings. The van der Waals surface area contributed by atoms with Crippen molar-refractivity contribution in [2.45, 2.75) is 105 Å². The number of fused-ring (bicyclic) bond motifs is 5. The number of rotatable bonds is 5. The van der Waals surface area contributed by atoms with Gasteiger partial charge in [-0.05, 0) is 110 Å². The molecule has 2 unspecified atom stereocenters. The molecule has 0 heterocycles. The molecule has 8 atom stereocenters. The van der Waals surface area contributed by atoms with Gasteiger partial charge in [0.1, 0.15) is 0 Å². The fraction of sp³-hybridized carbons (Fsp3) is 0.889. The van der Waals surface area contributed by atoms with Crippen LogP contribution in [0, 0.1) is 46.3 Å². The van der Waals surface area contributed by atoms with Gasteiger partial charge in [-0.3, -0.25) is 4.79 Å². The van der Waals surface area contributed by atoms with Gasteiger partial charge in [-0.25, -0.2) is 0 Å². The molecule has 0 spiro atoms. The maximum absolute atomic E-state index is 12.0. The summed E-state index contributed by atoms with van der Waals surface area (Å²) in [4.78, 5) is 12.0. The minimum atomic E-state index is -0.143. The molecule has 3 fully saturated rings. The Morgan fingerprint density at radius 1 is 1.00 bits per heavy atom. The first-order chi connectivity index (χ1) is 13.7. The van der Waals surface area contributed by atoms with Crippen molar-refractivity contribution in [3.05, 3.63) is 11.6 Å². The summed E-state index contributed by atoms with van der Waals surface area (Å²) < 4.78 is 0. The first kappa shape index (κ1) is 21.6. The van der Waals surface area contributed by atoms with Gasteiger partial charge in [0.15, 0.2) is 5.78 Å². The number of carbonyl (C=O) groups excluding carboxylic acids is 1. The molecular weight excluding hydrogens is 356 g/mol. The van der Waals surface area contributed by atoms with Crippen molar-refractivity contribution in [3.63, 3.8) is 0 Å². The number of aliphatic hydroxyl groups excluding tert-OH is 1. The van der Waals surface area contributed by atoms with Crippen LogP contribution in [0.4, 0.5) is 0 Å². The number of hydrogen-bond acceptors (Lipinski definition) is 2. The first-order valence-electron chi connectivity index (χ1n) is 12.6. The molecule has 0 saturated heterocycles. The fourth-order valence-electron chi connectivity index (χ4n) is 8.50. The molecule has 0 aliphatic heterocycles. The molecule has 4 aliphatic rings. The van der Waals surface area contributed by atoms with E-state index in [9.17, 15) is 9.90 Å². The minimum absolute atomic E-state index is 0.143. The van der Waals surface area contributed by atoms with E-state index in [1.807, 2.05) is 6.08 Å². The number of aliphatic hydroxyl groups is 1. The van der Waals surface area contributed by atoms with Crippen molar-refractivity contribution in [2.75, 3.05) is 0 Å². The minimum Gasteiger partial charge on any atom is -0.393 e. The number of ketones is 1. The molecule has 4 rings (SSSR count). The van der Waals surface area contributed by atoms with E-state index in [1.165, 1.54) is 44.1 Å². The third kappa shape index (κ3) is 3.56. The van der Waals surface area contributed by atoms with Crippen LogP contribution in [0.5, 0.6) is 0 Å². The van der Waals surface area contributed by atoms with Gasteiger partial charge in [-0.1, -0.05) is 40.2 Å². The Kier molecular flexibility index (Phi) is 5.82. The first-order valence-corrected chi connectivity index (χ1v) is 12.6. The lowest BCUT2D eigenvalue weighted by molar-refractivity contribution is -0.117. The van der Waals surface area contributed by atoms with E-state index in [-0.39, 0.29) is 6.10 Å². The monoisotopic (exact) mass is 400 g/mol. The van der Waals surface area contributed by atoms with Crippen LogP contribution in [0.1, 0.15) is 98.8 Å². The standard InChI is InChI=1S/C27H44O2/c1-17(2)25(29)11-6-18(3)22-9-10-23-21-8-7-19-16-20(28)12-14-26(19,4)24(21)13-15-27(22,23)5/h16-18,21-25,29H,6-15H2,1-5H3/t18?,21-,22+,23-,24-,25?,26-,27+/m0/s1. The molecule has 0 amide bonds. The fourth-order valence-corrected chi connectivity index (χ4v) is 8.50. The van der Waals surface area contributed by atoms with Gasteiger partial charge in [-0.2, -0.15) is 0 Å². The van der Waals surface area contributed by atoms with Crippen LogP contribution in [-0.2, 0) is 4.79 Å². The van der Waals surface area contributed by atoms with E-state index in [2.05, 4.69) is 34.6 Å². The molecule has 3 saturated carbocycles. The van der Waals surface area contributed by atoms with Gasteiger partial charge < -0.3 is 5.11 Å². The van der Waals surface area contributed by atoms with E-state index in [0.29, 0.717) is 22.5 Å². The molecule has 4 aliphatic carbocycles. The number of hydrogen-bond donors (Lipinski definition) is 1. The van der Waals surface area contributed by atoms with Crippen molar-refractivity contribution in [3.8, 4) is 0 Å². The van der Waals surface area contributed by atoms with E-state index in [0.717, 1.165) is 55.3 Å². The smallest absolute Gasteiger partial charge is 0.155 e. The average molecular weight is 401 g/mol. The lowest BCUT2D eigenvalue weighted by Crippen LogP contribution is -2.51. The van der Waals surface area contributed by atoms with Crippen LogP contribution >= 0.6 is 0 Å². The molecule has 29 heavy (non-hydrogen) atoms. The van der Waals surface area contributed by atoms with Crippen LogP contribution in [0.15, 0.2) is 11.6 Å². The zero-order valence-corrected chi connectivity index (χ0v) is 19.5. The summed E-state index contributed by atoms with van der Waals surface area (Å²) >= 11 is 0. The van der Waals surface area contributed by atoms with Gasteiger partial charge in [0.2, 0.25) is 0 Å². The maximum Gasteiger partial charge on any atom is 0.155 e. The normalized spacial score (nSPS) is 44.0. The molecule has 0 aromatic carbocycles. The van der Waals surface area contributed by atoms with Crippen molar-refractivity contribution in [2.24, 2.45) is 46.3 Å². The predicted molar refractivity (Wildman–Crippen MR) is 119 cm³/mol. The van der Waals surface area contributed by atoms with Crippen molar-refractivity contribution < 1.29 is 9.90 Å². The van der Waals surface area contributed by atoms with E-state index in [4.69, 9.17) is 0 Å². The molecule has 164 valence electrons. The topological polar surface area (TPSA) is 37.3 Å².